The first-order valence-corrected chi connectivity index (χ1v) is 8.93. The van der Waals surface area contributed by atoms with Crippen LogP contribution in [0.2, 0.25) is 0 Å². The second-order valence-electron chi connectivity index (χ2n) is 5.34. The molecule has 0 aromatic heterocycles. The molecule has 2 N–H and O–H groups in total. The van der Waals surface area contributed by atoms with Gasteiger partial charge in [-0.25, -0.2) is 13.1 Å². The van der Waals surface area contributed by atoms with Gasteiger partial charge in [-0.1, -0.05) is 33.1 Å². The molecule has 18 heavy (non-hydrogen) atoms. The molecule has 1 rings (SSSR count). The molecule has 1 heterocycles. The first kappa shape index (κ1) is 15.9. The van der Waals surface area contributed by atoms with Crippen LogP contribution < -0.4 is 10.0 Å². The topological polar surface area (TPSA) is 58.2 Å². The van der Waals surface area contributed by atoms with E-state index in [0.29, 0.717) is 12.5 Å². The van der Waals surface area contributed by atoms with Crippen molar-refractivity contribution in [1.29, 1.82) is 0 Å². The van der Waals surface area contributed by atoms with E-state index < -0.39 is 10.0 Å². The maximum absolute atomic E-state index is 11.9. The molecular weight excluding hydrogens is 248 g/mol. The van der Waals surface area contributed by atoms with E-state index in [9.17, 15) is 8.42 Å². The molecule has 0 aromatic carbocycles. The third-order valence-electron chi connectivity index (χ3n) is 3.72. The predicted octanol–water partition coefficient (Wildman–Crippen LogP) is 1.87. The zero-order chi connectivity index (χ0) is 13.4. The van der Waals surface area contributed by atoms with Gasteiger partial charge in [-0.15, -0.1) is 0 Å². The lowest BCUT2D eigenvalue weighted by Crippen LogP contribution is -2.38. The summed E-state index contributed by atoms with van der Waals surface area (Å²) in [5, 5.41) is 3.23. The van der Waals surface area contributed by atoms with E-state index in [4.69, 9.17) is 0 Å². The molecule has 0 radical (unpaired) electrons. The third kappa shape index (κ3) is 6.16. The SMILES string of the molecule is CCCCC(CC)CNS(=O)(=O)CC1CCCN1. The van der Waals surface area contributed by atoms with Gasteiger partial charge < -0.3 is 5.32 Å². The summed E-state index contributed by atoms with van der Waals surface area (Å²) in [7, 11) is -3.11. The molecule has 0 aromatic rings. The number of rotatable bonds is 9. The fourth-order valence-corrected chi connectivity index (χ4v) is 3.83. The molecule has 0 amide bonds. The van der Waals surface area contributed by atoms with Crippen molar-refractivity contribution in [2.45, 2.75) is 58.4 Å². The van der Waals surface area contributed by atoms with Crippen molar-refractivity contribution in [3.8, 4) is 0 Å². The molecule has 1 fully saturated rings. The summed E-state index contributed by atoms with van der Waals surface area (Å²) in [6.45, 7) is 5.86. The molecular formula is C13H28N2O2S. The number of sulfonamides is 1. The predicted molar refractivity (Wildman–Crippen MR) is 76.1 cm³/mol. The highest BCUT2D eigenvalue weighted by atomic mass is 32.2. The Balaban J connectivity index is 2.30. The van der Waals surface area contributed by atoms with Gasteiger partial charge in [-0.05, 0) is 31.7 Å². The molecule has 0 aliphatic carbocycles. The second kappa shape index (κ2) is 8.12. The van der Waals surface area contributed by atoms with Crippen LogP contribution in [0.3, 0.4) is 0 Å². The average Bonchev–Trinajstić information content (AvgIpc) is 2.81. The Hall–Kier alpha value is -0.130. The van der Waals surface area contributed by atoms with Crippen molar-refractivity contribution in [3.63, 3.8) is 0 Å². The smallest absolute Gasteiger partial charge is 0.213 e. The molecule has 108 valence electrons. The van der Waals surface area contributed by atoms with Gasteiger partial charge >= 0.3 is 0 Å². The standard InChI is InChI=1S/C13H28N2O2S/c1-3-5-7-12(4-2)10-15-18(16,17)11-13-8-6-9-14-13/h12-15H,3-11H2,1-2H3. The molecule has 1 aliphatic heterocycles. The van der Waals surface area contributed by atoms with Gasteiger partial charge in [0, 0.05) is 12.6 Å². The van der Waals surface area contributed by atoms with Gasteiger partial charge in [-0.3, -0.25) is 0 Å². The summed E-state index contributed by atoms with van der Waals surface area (Å²) >= 11 is 0. The summed E-state index contributed by atoms with van der Waals surface area (Å²) < 4.78 is 26.6. The van der Waals surface area contributed by atoms with Crippen LogP contribution in [0.1, 0.15) is 52.4 Å². The summed E-state index contributed by atoms with van der Waals surface area (Å²) in [5.41, 5.74) is 0. The van der Waals surface area contributed by atoms with Crippen molar-refractivity contribution < 1.29 is 8.42 Å². The van der Waals surface area contributed by atoms with Gasteiger partial charge in [0.2, 0.25) is 10.0 Å². The van der Waals surface area contributed by atoms with Crippen LogP contribution in [-0.4, -0.2) is 33.3 Å². The largest absolute Gasteiger partial charge is 0.313 e. The molecule has 1 aliphatic rings. The Morgan fingerprint density at radius 2 is 2.17 bits per heavy atom. The maximum Gasteiger partial charge on any atom is 0.213 e. The second-order valence-corrected chi connectivity index (χ2v) is 7.19. The maximum atomic E-state index is 11.9. The van der Waals surface area contributed by atoms with Crippen molar-refractivity contribution in [3.05, 3.63) is 0 Å². The van der Waals surface area contributed by atoms with Gasteiger partial charge in [0.25, 0.3) is 0 Å². The number of unbranched alkanes of at least 4 members (excludes halogenated alkanes) is 1. The minimum absolute atomic E-state index is 0.151. The number of hydrogen-bond donors (Lipinski definition) is 2. The fourth-order valence-electron chi connectivity index (χ4n) is 2.41. The minimum atomic E-state index is -3.11. The minimum Gasteiger partial charge on any atom is -0.313 e. The van der Waals surface area contributed by atoms with E-state index in [1.54, 1.807) is 0 Å². The quantitative estimate of drug-likeness (QED) is 0.676. The van der Waals surface area contributed by atoms with Crippen molar-refractivity contribution in [2.24, 2.45) is 5.92 Å². The zero-order valence-corrected chi connectivity index (χ0v) is 12.6. The van der Waals surface area contributed by atoms with E-state index in [1.807, 2.05) is 0 Å². The molecule has 0 bridgehead atoms. The highest BCUT2D eigenvalue weighted by Crippen LogP contribution is 2.12. The Labute approximate surface area is 112 Å². The number of nitrogens with one attached hydrogen (secondary N) is 2. The van der Waals surface area contributed by atoms with Crippen LogP contribution in [0.25, 0.3) is 0 Å². The summed E-state index contributed by atoms with van der Waals surface area (Å²) in [6, 6.07) is 0.151. The lowest BCUT2D eigenvalue weighted by Gasteiger charge is -2.17. The van der Waals surface area contributed by atoms with Crippen LogP contribution >= 0.6 is 0 Å². The van der Waals surface area contributed by atoms with Crippen LogP contribution in [0, 0.1) is 5.92 Å². The summed E-state index contributed by atoms with van der Waals surface area (Å²) in [6.07, 6.45) is 6.60. The Kier molecular flexibility index (Phi) is 7.19. The van der Waals surface area contributed by atoms with Crippen molar-refractivity contribution in [2.75, 3.05) is 18.8 Å². The monoisotopic (exact) mass is 276 g/mol. The summed E-state index contributed by atoms with van der Waals surface area (Å²) in [5.74, 6) is 0.716. The molecule has 1 saturated heterocycles. The highest BCUT2D eigenvalue weighted by molar-refractivity contribution is 7.89. The summed E-state index contributed by atoms with van der Waals surface area (Å²) in [4.78, 5) is 0. The Morgan fingerprint density at radius 3 is 2.72 bits per heavy atom. The van der Waals surface area contributed by atoms with E-state index in [1.165, 1.54) is 12.8 Å². The lowest BCUT2D eigenvalue weighted by molar-refractivity contribution is 0.443. The van der Waals surface area contributed by atoms with E-state index in [2.05, 4.69) is 23.9 Å². The molecule has 4 nitrogen and oxygen atoms in total. The third-order valence-corrected chi connectivity index (χ3v) is 5.17. The van der Waals surface area contributed by atoms with E-state index in [0.717, 1.165) is 32.2 Å². The molecule has 2 atom stereocenters. The van der Waals surface area contributed by atoms with Gasteiger partial charge in [0.05, 0.1) is 5.75 Å². The normalized spacial score (nSPS) is 22.2. The van der Waals surface area contributed by atoms with E-state index >= 15 is 0 Å². The molecule has 0 saturated carbocycles. The lowest BCUT2D eigenvalue weighted by atomic mass is 10.00. The first-order chi connectivity index (χ1) is 8.57. The fraction of sp³-hybridized carbons (Fsp3) is 1.00. The molecule has 0 spiro atoms. The van der Waals surface area contributed by atoms with Gasteiger partial charge in [-0.2, -0.15) is 0 Å². The van der Waals surface area contributed by atoms with E-state index in [-0.39, 0.29) is 11.8 Å². The zero-order valence-electron chi connectivity index (χ0n) is 11.7. The highest BCUT2D eigenvalue weighted by Gasteiger charge is 2.22. The van der Waals surface area contributed by atoms with Gasteiger partial charge in [0.15, 0.2) is 0 Å². The van der Waals surface area contributed by atoms with Crippen LogP contribution in [-0.2, 0) is 10.0 Å². The van der Waals surface area contributed by atoms with Crippen LogP contribution in [0.5, 0.6) is 0 Å². The van der Waals surface area contributed by atoms with Crippen LogP contribution in [0.4, 0.5) is 0 Å². The van der Waals surface area contributed by atoms with Crippen LogP contribution in [0.15, 0.2) is 0 Å². The molecule has 2 unspecified atom stereocenters. The Morgan fingerprint density at radius 1 is 1.39 bits per heavy atom. The van der Waals surface area contributed by atoms with Crippen molar-refractivity contribution >= 4 is 10.0 Å². The molecule has 5 heteroatoms. The average molecular weight is 276 g/mol. The Bertz CT molecular complexity index is 311. The number of hydrogen-bond acceptors (Lipinski definition) is 3. The first-order valence-electron chi connectivity index (χ1n) is 7.28. The van der Waals surface area contributed by atoms with Gasteiger partial charge in [0.1, 0.15) is 0 Å². The van der Waals surface area contributed by atoms with Crippen molar-refractivity contribution in [1.82, 2.24) is 10.0 Å².